The maximum absolute atomic E-state index is 3.65. The SMILES string of the molecule is CN1CCc2cc(CNCC3(C)CCCS3)ccc21. The van der Waals surface area contributed by atoms with Crippen molar-refractivity contribution in [2.24, 2.45) is 0 Å². The minimum atomic E-state index is 0.469. The number of likely N-dealkylation sites (N-methyl/N-ethyl adjacent to an activating group) is 1. The van der Waals surface area contributed by atoms with Crippen molar-refractivity contribution in [2.75, 3.05) is 30.8 Å². The summed E-state index contributed by atoms with van der Waals surface area (Å²) >= 11 is 2.13. The molecule has 1 unspecified atom stereocenters. The molecule has 1 N–H and O–H groups in total. The molecule has 2 nitrogen and oxygen atoms in total. The largest absolute Gasteiger partial charge is 0.374 e. The molecule has 2 heterocycles. The summed E-state index contributed by atoms with van der Waals surface area (Å²) in [6.45, 7) is 5.71. The van der Waals surface area contributed by atoms with E-state index in [0.717, 1.165) is 13.1 Å². The highest BCUT2D eigenvalue weighted by Crippen LogP contribution is 2.37. The number of nitrogens with zero attached hydrogens (tertiary/aromatic N) is 1. The van der Waals surface area contributed by atoms with Crippen LogP contribution >= 0.6 is 11.8 Å². The van der Waals surface area contributed by atoms with E-state index in [-0.39, 0.29) is 0 Å². The molecule has 1 atom stereocenters. The Labute approximate surface area is 121 Å². The van der Waals surface area contributed by atoms with Gasteiger partial charge in [-0.25, -0.2) is 0 Å². The molecule has 0 amide bonds. The van der Waals surface area contributed by atoms with Crippen molar-refractivity contribution in [1.82, 2.24) is 5.32 Å². The molecule has 0 aliphatic carbocycles. The van der Waals surface area contributed by atoms with Crippen LogP contribution in [0.2, 0.25) is 0 Å². The normalized spacial score (nSPS) is 25.9. The van der Waals surface area contributed by atoms with Crippen LogP contribution in [0.3, 0.4) is 0 Å². The second-order valence-corrected chi connectivity index (χ2v) is 7.82. The van der Waals surface area contributed by atoms with Gasteiger partial charge in [0.2, 0.25) is 0 Å². The zero-order chi connectivity index (χ0) is 13.3. The summed E-state index contributed by atoms with van der Waals surface area (Å²) in [5.74, 6) is 1.34. The van der Waals surface area contributed by atoms with Crippen molar-refractivity contribution in [3.8, 4) is 0 Å². The Morgan fingerprint density at radius 2 is 2.32 bits per heavy atom. The third-order valence-corrected chi connectivity index (χ3v) is 5.94. The predicted molar refractivity (Wildman–Crippen MR) is 85.2 cm³/mol. The standard InChI is InChI=1S/C16H24N2S/c1-16(7-3-9-19-16)12-17-11-13-4-5-15-14(10-13)6-8-18(15)2/h4-5,10,17H,3,6-9,11-12H2,1-2H3. The van der Waals surface area contributed by atoms with Crippen molar-refractivity contribution in [2.45, 2.75) is 37.5 Å². The zero-order valence-corrected chi connectivity index (χ0v) is 12.9. The van der Waals surface area contributed by atoms with Gasteiger partial charge in [-0.3, -0.25) is 0 Å². The number of benzene rings is 1. The molecule has 3 rings (SSSR count). The molecular weight excluding hydrogens is 252 g/mol. The van der Waals surface area contributed by atoms with Gasteiger partial charge in [0.25, 0.3) is 0 Å². The van der Waals surface area contributed by atoms with Crippen LogP contribution in [0.4, 0.5) is 5.69 Å². The van der Waals surface area contributed by atoms with Crippen LogP contribution in [0.15, 0.2) is 18.2 Å². The second kappa shape index (κ2) is 5.37. The fraction of sp³-hybridized carbons (Fsp3) is 0.625. The maximum atomic E-state index is 3.65. The maximum Gasteiger partial charge on any atom is 0.0397 e. The van der Waals surface area contributed by atoms with Gasteiger partial charge in [0.05, 0.1) is 0 Å². The van der Waals surface area contributed by atoms with Crippen LogP contribution in [-0.4, -0.2) is 30.6 Å². The van der Waals surface area contributed by atoms with Crippen LogP contribution in [0.5, 0.6) is 0 Å². The Hall–Kier alpha value is -0.670. The van der Waals surface area contributed by atoms with Gasteiger partial charge in [-0.05, 0) is 49.1 Å². The average Bonchev–Trinajstić information content (AvgIpc) is 2.97. The van der Waals surface area contributed by atoms with E-state index in [4.69, 9.17) is 0 Å². The van der Waals surface area contributed by atoms with E-state index < -0.39 is 0 Å². The summed E-state index contributed by atoms with van der Waals surface area (Å²) in [6, 6.07) is 6.94. The lowest BCUT2D eigenvalue weighted by Crippen LogP contribution is -2.32. The molecule has 104 valence electrons. The molecule has 2 aliphatic heterocycles. The summed E-state index contributed by atoms with van der Waals surface area (Å²) in [5.41, 5.74) is 4.37. The number of rotatable bonds is 4. The van der Waals surface area contributed by atoms with Crippen molar-refractivity contribution in [3.05, 3.63) is 29.3 Å². The van der Waals surface area contributed by atoms with Crippen molar-refractivity contribution in [3.63, 3.8) is 0 Å². The molecule has 19 heavy (non-hydrogen) atoms. The summed E-state index contributed by atoms with van der Waals surface area (Å²) < 4.78 is 0.469. The second-order valence-electron chi connectivity index (χ2n) is 6.14. The molecule has 0 bridgehead atoms. The lowest BCUT2D eigenvalue weighted by Gasteiger charge is -2.23. The van der Waals surface area contributed by atoms with E-state index in [1.165, 1.54) is 48.4 Å². The van der Waals surface area contributed by atoms with Gasteiger partial charge in [0.1, 0.15) is 0 Å². The molecular formula is C16H24N2S. The van der Waals surface area contributed by atoms with Gasteiger partial charge >= 0.3 is 0 Å². The van der Waals surface area contributed by atoms with Crippen molar-refractivity contribution >= 4 is 17.4 Å². The number of thioether (sulfide) groups is 1. The number of anilines is 1. The predicted octanol–water partition coefficient (Wildman–Crippen LogP) is 3.05. The third-order valence-electron chi connectivity index (χ3n) is 4.40. The van der Waals surface area contributed by atoms with Crippen molar-refractivity contribution < 1.29 is 0 Å². The van der Waals surface area contributed by atoms with Crippen LogP contribution in [0.25, 0.3) is 0 Å². The molecule has 3 heteroatoms. The first-order valence-corrected chi connectivity index (χ1v) is 8.32. The highest BCUT2D eigenvalue weighted by Gasteiger charge is 2.28. The number of hydrogen-bond acceptors (Lipinski definition) is 3. The third kappa shape index (κ3) is 2.92. The Morgan fingerprint density at radius 3 is 3.11 bits per heavy atom. The van der Waals surface area contributed by atoms with Gasteiger partial charge in [-0.15, -0.1) is 0 Å². The fourth-order valence-electron chi connectivity index (χ4n) is 3.18. The van der Waals surface area contributed by atoms with E-state index in [1.807, 2.05) is 0 Å². The van der Waals surface area contributed by atoms with E-state index in [1.54, 1.807) is 0 Å². The quantitative estimate of drug-likeness (QED) is 0.910. The molecule has 0 spiro atoms. The summed E-state index contributed by atoms with van der Waals surface area (Å²) in [6.07, 6.45) is 3.95. The topological polar surface area (TPSA) is 15.3 Å². The Morgan fingerprint density at radius 1 is 1.42 bits per heavy atom. The summed E-state index contributed by atoms with van der Waals surface area (Å²) in [5, 5.41) is 3.65. The Bertz CT molecular complexity index is 452. The highest BCUT2D eigenvalue weighted by molar-refractivity contribution is 8.00. The molecule has 1 fully saturated rings. The Kier molecular flexibility index (Phi) is 3.77. The van der Waals surface area contributed by atoms with Gasteiger partial charge < -0.3 is 10.2 Å². The lowest BCUT2D eigenvalue weighted by atomic mass is 10.1. The van der Waals surface area contributed by atoms with Crippen molar-refractivity contribution in [1.29, 1.82) is 0 Å². The van der Waals surface area contributed by atoms with Crippen LogP contribution < -0.4 is 10.2 Å². The smallest absolute Gasteiger partial charge is 0.0397 e. The van der Waals surface area contributed by atoms with E-state index in [0.29, 0.717) is 4.75 Å². The monoisotopic (exact) mass is 276 g/mol. The zero-order valence-electron chi connectivity index (χ0n) is 12.0. The molecule has 1 saturated heterocycles. The number of fused-ring (bicyclic) bond motifs is 1. The van der Waals surface area contributed by atoms with Crippen LogP contribution in [0.1, 0.15) is 30.9 Å². The lowest BCUT2D eigenvalue weighted by molar-refractivity contribution is 0.537. The molecule has 0 aromatic heterocycles. The molecule has 1 aromatic carbocycles. The molecule has 2 aliphatic rings. The fourth-order valence-corrected chi connectivity index (χ4v) is 4.45. The molecule has 0 saturated carbocycles. The highest BCUT2D eigenvalue weighted by atomic mass is 32.2. The summed E-state index contributed by atoms with van der Waals surface area (Å²) in [4.78, 5) is 2.35. The van der Waals surface area contributed by atoms with Crippen LogP contribution in [0, 0.1) is 0 Å². The number of hydrogen-bond donors (Lipinski definition) is 1. The minimum Gasteiger partial charge on any atom is -0.374 e. The average molecular weight is 276 g/mol. The molecule has 1 aromatic rings. The van der Waals surface area contributed by atoms with Gasteiger partial charge in [-0.1, -0.05) is 12.1 Å². The van der Waals surface area contributed by atoms with E-state index >= 15 is 0 Å². The minimum absolute atomic E-state index is 0.469. The van der Waals surface area contributed by atoms with Gasteiger partial charge in [-0.2, -0.15) is 11.8 Å². The van der Waals surface area contributed by atoms with Crippen LogP contribution in [-0.2, 0) is 13.0 Å². The Balaban J connectivity index is 1.56. The first-order chi connectivity index (χ1) is 9.16. The summed E-state index contributed by atoms with van der Waals surface area (Å²) in [7, 11) is 2.18. The first-order valence-electron chi connectivity index (χ1n) is 7.34. The van der Waals surface area contributed by atoms with Gasteiger partial charge in [0, 0.05) is 37.1 Å². The first kappa shape index (κ1) is 13.3. The van der Waals surface area contributed by atoms with E-state index in [9.17, 15) is 0 Å². The van der Waals surface area contributed by atoms with Gasteiger partial charge in [0.15, 0.2) is 0 Å². The number of nitrogens with one attached hydrogen (secondary N) is 1. The molecule has 0 radical (unpaired) electrons. The van der Waals surface area contributed by atoms with E-state index in [2.05, 4.69) is 54.1 Å².